The predicted octanol–water partition coefficient (Wildman–Crippen LogP) is 4.95. The van der Waals surface area contributed by atoms with Crippen LogP contribution in [0.1, 0.15) is 38.3 Å². The van der Waals surface area contributed by atoms with Crippen molar-refractivity contribution in [2.24, 2.45) is 5.92 Å². The molecule has 0 fully saturated rings. The van der Waals surface area contributed by atoms with Gasteiger partial charge in [0.25, 0.3) is 0 Å². The molecule has 0 aliphatic heterocycles. The summed E-state index contributed by atoms with van der Waals surface area (Å²) in [5, 5.41) is 3.03. The molecule has 0 bridgehead atoms. The minimum atomic E-state index is -4.29. The van der Waals surface area contributed by atoms with E-state index in [1.807, 2.05) is 6.92 Å². The molecule has 0 spiro atoms. The Morgan fingerprint density at radius 1 is 1.25 bits per heavy atom. The molecular formula is C15H22F3NS. The molecule has 0 aliphatic carbocycles. The van der Waals surface area contributed by atoms with Crippen LogP contribution in [-0.4, -0.2) is 12.3 Å². The maximum atomic E-state index is 13.1. The van der Waals surface area contributed by atoms with Crippen LogP contribution in [-0.2, 0) is 12.7 Å². The third kappa shape index (κ3) is 5.75. The van der Waals surface area contributed by atoms with Gasteiger partial charge in [0.05, 0.1) is 5.56 Å². The Hall–Kier alpha value is -0.680. The normalized spacial score (nSPS) is 12.2. The Balaban J connectivity index is 2.89. The quantitative estimate of drug-likeness (QED) is 0.565. The molecule has 114 valence electrons. The van der Waals surface area contributed by atoms with Crippen LogP contribution in [0.2, 0.25) is 0 Å². The summed E-state index contributed by atoms with van der Waals surface area (Å²) in [6.45, 7) is 7.09. The van der Waals surface area contributed by atoms with Crippen LogP contribution in [0.4, 0.5) is 13.2 Å². The van der Waals surface area contributed by atoms with Crippen LogP contribution in [0.15, 0.2) is 23.1 Å². The van der Waals surface area contributed by atoms with Crippen LogP contribution in [0.5, 0.6) is 0 Å². The van der Waals surface area contributed by atoms with Crippen LogP contribution in [0.3, 0.4) is 0 Å². The van der Waals surface area contributed by atoms with Crippen molar-refractivity contribution in [1.82, 2.24) is 5.32 Å². The van der Waals surface area contributed by atoms with Crippen molar-refractivity contribution in [3.63, 3.8) is 0 Å². The highest BCUT2D eigenvalue weighted by Gasteiger charge is 2.33. The molecule has 1 aromatic rings. The molecule has 0 aromatic heterocycles. The Morgan fingerprint density at radius 3 is 2.50 bits per heavy atom. The maximum absolute atomic E-state index is 13.1. The minimum absolute atomic E-state index is 0.262. The Bertz CT molecular complexity index is 416. The number of halogens is 3. The van der Waals surface area contributed by atoms with Gasteiger partial charge in [-0.25, -0.2) is 0 Å². The molecule has 0 radical (unpaired) electrons. The summed E-state index contributed by atoms with van der Waals surface area (Å²) in [5.41, 5.74) is -0.199. The lowest BCUT2D eigenvalue weighted by molar-refractivity contribution is -0.138. The summed E-state index contributed by atoms with van der Waals surface area (Å²) in [7, 11) is 0. The molecule has 1 N–H and O–H groups in total. The average Bonchev–Trinajstić information content (AvgIpc) is 2.36. The van der Waals surface area contributed by atoms with E-state index in [0.29, 0.717) is 16.4 Å². The molecule has 20 heavy (non-hydrogen) atoms. The number of alkyl halides is 3. The van der Waals surface area contributed by atoms with Crippen LogP contribution >= 0.6 is 11.8 Å². The zero-order valence-corrected chi connectivity index (χ0v) is 13.0. The minimum Gasteiger partial charge on any atom is -0.313 e. The van der Waals surface area contributed by atoms with Crippen molar-refractivity contribution < 1.29 is 13.2 Å². The number of nitrogens with one attached hydrogen (secondary N) is 1. The largest absolute Gasteiger partial charge is 0.416 e. The summed E-state index contributed by atoms with van der Waals surface area (Å²) in [5.74, 6) is 1.28. The first-order valence-corrected chi connectivity index (χ1v) is 7.86. The Morgan fingerprint density at radius 2 is 1.95 bits per heavy atom. The lowest BCUT2D eigenvalue weighted by atomic mass is 10.1. The van der Waals surface area contributed by atoms with E-state index in [-0.39, 0.29) is 6.54 Å². The van der Waals surface area contributed by atoms with Gasteiger partial charge in [-0.15, -0.1) is 11.8 Å². The zero-order valence-electron chi connectivity index (χ0n) is 12.2. The van der Waals surface area contributed by atoms with Crippen molar-refractivity contribution in [2.45, 2.75) is 44.8 Å². The molecule has 0 aliphatic rings. The molecule has 0 saturated heterocycles. The standard InChI is InChI=1S/C15H22F3NS/c1-4-7-19-9-12-5-6-13(20-10-11(2)3)8-14(12)15(16,17)18/h5-6,8,11,19H,4,7,9-10H2,1-3H3. The topological polar surface area (TPSA) is 12.0 Å². The molecule has 0 heterocycles. The molecule has 0 atom stereocenters. The lowest BCUT2D eigenvalue weighted by Gasteiger charge is -2.15. The van der Waals surface area contributed by atoms with Gasteiger partial charge in [0.1, 0.15) is 0 Å². The second-order valence-electron chi connectivity index (χ2n) is 5.20. The fourth-order valence-corrected chi connectivity index (χ4v) is 2.62. The Labute approximate surface area is 123 Å². The van der Waals surface area contributed by atoms with Crippen molar-refractivity contribution >= 4 is 11.8 Å². The lowest BCUT2D eigenvalue weighted by Crippen LogP contribution is -2.18. The number of thioether (sulfide) groups is 1. The summed E-state index contributed by atoms with van der Waals surface area (Å²) in [6.07, 6.45) is -3.39. The second-order valence-corrected chi connectivity index (χ2v) is 6.29. The average molecular weight is 305 g/mol. The summed E-state index contributed by atoms with van der Waals surface area (Å²) >= 11 is 1.48. The highest BCUT2D eigenvalue weighted by molar-refractivity contribution is 7.99. The summed E-state index contributed by atoms with van der Waals surface area (Å²) in [4.78, 5) is 0.685. The van der Waals surface area contributed by atoms with Crippen LogP contribution < -0.4 is 5.32 Å². The summed E-state index contributed by atoms with van der Waals surface area (Å²) < 4.78 is 39.3. The fraction of sp³-hybridized carbons (Fsp3) is 0.600. The van der Waals surface area contributed by atoms with Gasteiger partial charge in [0.15, 0.2) is 0 Å². The highest BCUT2D eigenvalue weighted by Crippen LogP contribution is 2.35. The zero-order chi connectivity index (χ0) is 15.2. The molecule has 1 rings (SSSR count). The van der Waals surface area contributed by atoms with Crippen LogP contribution in [0, 0.1) is 5.92 Å². The number of hydrogen-bond donors (Lipinski definition) is 1. The van der Waals surface area contributed by atoms with Crippen molar-refractivity contribution in [3.8, 4) is 0 Å². The van der Waals surface area contributed by atoms with E-state index in [1.165, 1.54) is 17.8 Å². The molecule has 5 heteroatoms. The molecule has 0 saturated carbocycles. The molecule has 0 unspecified atom stereocenters. The van der Waals surface area contributed by atoms with Gasteiger partial charge >= 0.3 is 6.18 Å². The van der Waals surface area contributed by atoms with Gasteiger partial charge in [0.2, 0.25) is 0 Å². The van der Waals surface area contributed by atoms with Crippen molar-refractivity contribution in [2.75, 3.05) is 12.3 Å². The van der Waals surface area contributed by atoms with Gasteiger partial charge in [-0.3, -0.25) is 0 Å². The monoisotopic (exact) mass is 305 g/mol. The van der Waals surface area contributed by atoms with Crippen molar-refractivity contribution in [3.05, 3.63) is 29.3 Å². The molecule has 1 aromatic carbocycles. The van der Waals surface area contributed by atoms with E-state index in [0.717, 1.165) is 18.7 Å². The Kier molecular flexibility index (Phi) is 6.89. The molecule has 1 nitrogen and oxygen atoms in total. The first-order valence-electron chi connectivity index (χ1n) is 6.88. The van der Waals surface area contributed by atoms with Gasteiger partial charge in [-0.2, -0.15) is 13.2 Å². The van der Waals surface area contributed by atoms with Crippen LogP contribution in [0.25, 0.3) is 0 Å². The SMILES string of the molecule is CCCNCc1ccc(SCC(C)C)cc1C(F)(F)F. The van der Waals surface area contributed by atoms with Crippen molar-refractivity contribution in [1.29, 1.82) is 0 Å². The molecule has 0 amide bonds. The van der Waals surface area contributed by atoms with E-state index in [2.05, 4.69) is 19.2 Å². The second kappa shape index (κ2) is 7.93. The summed E-state index contributed by atoms with van der Waals surface area (Å²) in [6, 6.07) is 4.65. The van der Waals surface area contributed by atoms with Gasteiger partial charge in [-0.05, 0) is 36.6 Å². The fourth-order valence-electron chi connectivity index (χ4n) is 1.73. The first kappa shape index (κ1) is 17.4. The van der Waals surface area contributed by atoms with Gasteiger partial charge in [0, 0.05) is 17.2 Å². The van der Waals surface area contributed by atoms with E-state index >= 15 is 0 Å². The number of hydrogen-bond acceptors (Lipinski definition) is 2. The number of rotatable bonds is 7. The maximum Gasteiger partial charge on any atom is 0.416 e. The molecular weight excluding hydrogens is 283 g/mol. The third-order valence-corrected chi connectivity index (χ3v) is 4.13. The van der Waals surface area contributed by atoms with Gasteiger partial charge < -0.3 is 5.32 Å². The smallest absolute Gasteiger partial charge is 0.313 e. The first-order chi connectivity index (χ1) is 9.34. The highest BCUT2D eigenvalue weighted by atomic mass is 32.2. The van der Waals surface area contributed by atoms with Gasteiger partial charge in [-0.1, -0.05) is 26.8 Å². The van der Waals surface area contributed by atoms with E-state index in [4.69, 9.17) is 0 Å². The van der Waals surface area contributed by atoms with E-state index < -0.39 is 11.7 Å². The third-order valence-electron chi connectivity index (χ3n) is 2.71. The predicted molar refractivity (Wildman–Crippen MR) is 79.0 cm³/mol. The van der Waals surface area contributed by atoms with E-state index in [9.17, 15) is 13.2 Å². The van der Waals surface area contributed by atoms with E-state index in [1.54, 1.807) is 12.1 Å². The number of benzene rings is 1.